The van der Waals surface area contributed by atoms with Gasteiger partial charge in [0.25, 0.3) is 0 Å². The van der Waals surface area contributed by atoms with E-state index in [1.54, 1.807) is 6.20 Å². The first kappa shape index (κ1) is 17.8. The maximum Gasteiger partial charge on any atom is 0.191 e. The first-order chi connectivity index (χ1) is 11.6. The molecule has 4 nitrogen and oxygen atoms in total. The molecule has 1 heterocycles. The van der Waals surface area contributed by atoms with Crippen LogP contribution in [0.5, 0.6) is 0 Å². The quantitative estimate of drug-likeness (QED) is 0.632. The molecule has 0 bridgehead atoms. The molecular formula is C18H22F2N4. The predicted octanol–water partition coefficient (Wildman–Crippen LogP) is 2.97. The lowest BCUT2D eigenvalue weighted by Gasteiger charge is -2.12. The Morgan fingerprint density at radius 2 is 2.04 bits per heavy atom. The zero-order valence-electron chi connectivity index (χ0n) is 13.9. The van der Waals surface area contributed by atoms with Crippen molar-refractivity contribution in [3.8, 4) is 0 Å². The summed E-state index contributed by atoms with van der Waals surface area (Å²) in [4.78, 5) is 8.79. The molecule has 0 aliphatic heterocycles. The lowest BCUT2D eigenvalue weighted by Crippen LogP contribution is -2.38. The van der Waals surface area contributed by atoms with Crippen LogP contribution in [0.2, 0.25) is 0 Å². The Labute approximate surface area is 141 Å². The molecule has 1 aromatic heterocycles. The van der Waals surface area contributed by atoms with Crippen molar-refractivity contribution >= 4 is 5.96 Å². The third-order valence-corrected chi connectivity index (χ3v) is 3.54. The van der Waals surface area contributed by atoms with E-state index in [1.165, 1.54) is 6.07 Å². The van der Waals surface area contributed by atoms with Crippen molar-refractivity contribution in [1.82, 2.24) is 15.6 Å². The highest BCUT2D eigenvalue weighted by molar-refractivity contribution is 5.79. The average Bonchev–Trinajstić information content (AvgIpc) is 2.57. The second-order valence-electron chi connectivity index (χ2n) is 5.37. The van der Waals surface area contributed by atoms with E-state index < -0.39 is 11.6 Å². The maximum atomic E-state index is 13.6. The Morgan fingerprint density at radius 3 is 2.79 bits per heavy atom. The van der Waals surface area contributed by atoms with Gasteiger partial charge in [0, 0.05) is 19.3 Å². The van der Waals surface area contributed by atoms with E-state index in [2.05, 4.69) is 20.6 Å². The molecular weight excluding hydrogens is 310 g/mol. The Bertz CT molecular complexity index is 701. The van der Waals surface area contributed by atoms with Gasteiger partial charge in [-0.1, -0.05) is 6.07 Å². The monoisotopic (exact) mass is 332 g/mol. The fourth-order valence-corrected chi connectivity index (χ4v) is 2.23. The van der Waals surface area contributed by atoms with Crippen molar-refractivity contribution < 1.29 is 8.78 Å². The Hall–Kier alpha value is -2.50. The molecule has 0 saturated carbocycles. The van der Waals surface area contributed by atoms with Gasteiger partial charge < -0.3 is 10.6 Å². The summed E-state index contributed by atoms with van der Waals surface area (Å²) in [7, 11) is 0. The molecule has 0 radical (unpaired) electrons. The number of aromatic nitrogens is 1. The van der Waals surface area contributed by atoms with Crippen LogP contribution in [0, 0.1) is 18.6 Å². The molecule has 1 aromatic carbocycles. The highest BCUT2D eigenvalue weighted by Crippen LogP contribution is 2.09. The predicted molar refractivity (Wildman–Crippen MR) is 91.9 cm³/mol. The number of aliphatic imine (C=N–C) groups is 1. The number of pyridine rings is 1. The Balaban J connectivity index is 1.94. The lowest BCUT2D eigenvalue weighted by molar-refractivity contribution is 0.583. The third kappa shape index (κ3) is 5.30. The minimum atomic E-state index is -0.433. The number of nitrogens with one attached hydrogen (secondary N) is 2. The van der Waals surface area contributed by atoms with Crippen LogP contribution in [0.25, 0.3) is 0 Å². The van der Waals surface area contributed by atoms with Crippen LogP contribution in [0.3, 0.4) is 0 Å². The highest BCUT2D eigenvalue weighted by Gasteiger charge is 2.05. The summed E-state index contributed by atoms with van der Waals surface area (Å²) in [6.45, 7) is 5.57. The van der Waals surface area contributed by atoms with Gasteiger partial charge in [-0.15, -0.1) is 0 Å². The standard InChI is InChI=1S/C18H22F2N4/c1-3-21-18(24-12-17-13(2)5-4-9-22-17)23-10-8-14-11-15(19)6-7-16(14)20/h4-7,9,11H,3,8,10,12H2,1-2H3,(H2,21,23,24). The normalized spacial score (nSPS) is 11.4. The van der Waals surface area contributed by atoms with Crippen LogP contribution in [0.15, 0.2) is 41.5 Å². The summed E-state index contributed by atoms with van der Waals surface area (Å²) in [5, 5.41) is 6.26. The number of halogens is 2. The average molecular weight is 332 g/mol. The first-order valence-corrected chi connectivity index (χ1v) is 7.96. The van der Waals surface area contributed by atoms with Crippen LogP contribution in [0.4, 0.5) is 8.78 Å². The van der Waals surface area contributed by atoms with Crippen molar-refractivity contribution in [1.29, 1.82) is 0 Å². The number of benzene rings is 1. The summed E-state index contributed by atoms with van der Waals surface area (Å²) < 4.78 is 26.8. The van der Waals surface area contributed by atoms with Gasteiger partial charge in [-0.25, -0.2) is 13.8 Å². The smallest absolute Gasteiger partial charge is 0.191 e. The maximum absolute atomic E-state index is 13.6. The molecule has 24 heavy (non-hydrogen) atoms. The van der Waals surface area contributed by atoms with E-state index in [0.717, 1.165) is 23.4 Å². The van der Waals surface area contributed by atoms with E-state index in [1.807, 2.05) is 26.0 Å². The molecule has 0 fully saturated rings. The van der Waals surface area contributed by atoms with E-state index in [0.29, 0.717) is 37.6 Å². The van der Waals surface area contributed by atoms with Crippen LogP contribution in [-0.4, -0.2) is 24.0 Å². The third-order valence-electron chi connectivity index (χ3n) is 3.54. The molecule has 0 saturated heterocycles. The highest BCUT2D eigenvalue weighted by atomic mass is 19.1. The zero-order valence-corrected chi connectivity index (χ0v) is 13.9. The second-order valence-corrected chi connectivity index (χ2v) is 5.37. The van der Waals surface area contributed by atoms with Gasteiger partial charge in [-0.05, 0) is 55.7 Å². The summed E-state index contributed by atoms with van der Waals surface area (Å²) in [6.07, 6.45) is 2.11. The van der Waals surface area contributed by atoms with Gasteiger partial charge in [-0.2, -0.15) is 0 Å². The lowest BCUT2D eigenvalue weighted by atomic mass is 10.1. The number of nitrogens with zero attached hydrogens (tertiary/aromatic N) is 2. The summed E-state index contributed by atoms with van der Waals surface area (Å²) in [5.41, 5.74) is 2.34. The number of aryl methyl sites for hydroxylation is 1. The second kappa shape index (κ2) is 8.96. The van der Waals surface area contributed by atoms with E-state index in [-0.39, 0.29) is 0 Å². The number of hydrogen-bond donors (Lipinski definition) is 2. The van der Waals surface area contributed by atoms with Crippen LogP contribution in [0.1, 0.15) is 23.7 Å². The Kier molecular flexibility index (Phi) is 6.66. The molecule has 0 unspecified atom stereocenters. The fourth-order valence-electron chi connectivity index (χ4n) is 2.23. The van der Waals surface area contributed by atoms with Crippen molar-refractivity contribution in [2.24, 2.45) is 4.99 Å². The molecule has 0 amide bonds. The SMILES string of the molecule is CCNC(=NCc1ncccc1C)NCCc1cc(F)ccc1F. The molecule has 2 aromatic rings. The largest absolute Gasteiger partial charge is 0.357 e. The van der Waals surface area contributed by atoms with Crippen molar-refractivity contribution in [2.75, 3.05) is 13.1 Å². The molecule has 128 valence electrons. The van der Waals surface area contributed by atoms with Crippen LogP contribution >= 0.6 is 0 Å². The molecule has 0 aliphatic carbocycles. The van der Waals surface area contributed by atoms with E-state index in [4.69, 9.17) is 0 Å². The zero-order chi connectivity index (χ0) is 17.4. The fraction of sp³-hybridized carbons (Fsp3) is 0.333. The number of rotatable bonds is 6. The van der Waals surface area contributed by atoms with Gasteiger partial charge in [0.15, 0.2) is 5.96 Å². The molecule has 0 atom stereocenters. The summed E-state index contributed by atoms with van der Waals surface area (Å²) in [5.74, 6) is -0.207. The van der Waals surface area contributed by atoms with Gasteiger partial charge >= 0.3 is 0 Å². The molecule has 0 spiro atoms. The Morgan fingerprint density at radius 1 is 1.21 bits per heavy atom. The minimum absolute atomic E-state index is 0.346. The number of guanidine groups is 1. The topological polar surface area (TPSA) is 49.3 Å². The molecule has 6 heteroatoms. The van der Waals surface area contributed by atoms with E-state index in [9.17, 15) is 8.78 Å². The molecule has 2 N–H and O–H groups in total. The van der Waals surface area contributed by atoms with Gasteiger partial charge in [-0.3, -0.25) is 4.98 Å². The summed E-state index contributed by atoms with van der Waals surface area (Å²) >= 11 is 0. The van der Waals surface area contributed by atoms with E-state index >= 15 is 0 Å². The van der Waals surface area contributed by atoms with Gasteiger partial charge in [0.1, 0.15) is 11.6 Å². The molecule has 0 aliphatic rings. The van der Waals surface area contributed by atoms with Crippen molar-refractivity contribution in [3.63, 3.8) is 0 Å². The van der Waals surface area contributed by atoms with Crippen molar-refractivity contribution in [3.05, 3.63) is 65.0 Å². The van der Waals surface area contributed by atoms with Crippen LogP contribution in [-0.2, 0) is 13.0 Å². The minimum Gasteiger partial charge on any atom is -0.357 e. The summed E-state index contributed by atoms with van der Waals surface area (Å²) in [6, 6.07) is 7.36. The van der Waals surface area contributed by atoms with Crippen molar-refractivity contribution in [2.45, 2.75) is 26.8 Å². The molecule has 2 rings (SSSR count). The number of hydrogen-bond acceptors (Lipinski definition) is 2. The van der Waals surface area contributed by atoms with Gasteiger partial charge in [0.05, 0.1) is 12.2 Å². The van der Waals surface area contributed by atoms with Gasteiger partial charge in [0.2, 0.25) is 0 Å². The first-order valence-electron chi connectivity index (χ1n) is 7.96. The van der Waals surface area contributed by atoms with Crippen LogP contribution < -0.4 is 10.6 Å².